The maximum absolute atomic E-state index is 10.3. The first-order chi connectivity index (χ1) is 5.11. The van der Waals surface area contributed by atoms with Crippen molar-refractivity contribution >= 4 is 51.2 Å². The molecule has 1 aromatic rings. The van der Waals surface area contributed by atoms with Crippen LogP contribution in [0.4, 0.5) is 0 Å². The number of hydrogen-bond acceptors (Lipinski definition) is 4. The van der Waals surface area contributed by atoms with Gasteiger partial charge < -0.3 is 5.11 Å². The lowest BCUT2D eigenvalue weighted by molar-refractivity contribution is 0.0681. The predicted octanol–water partition coefficient (Wildman–Crippen LogP) is 0.779. The zero-order chi connectivity index (χ0) is 8.43. The molecular weight excluding hydrogens is 376 g/mol. The summed E-state index contributed by atoms with van der Waals surface area (Å²) >= 11 is 3.83. The molecule has 1 heterocycles. The second kappa shape index (κ2) is 3.56. The number of carbonyl (C=O) groups is 1. The van der Waals surface area contributed by atoms with Crippen LogP contribution in [0.1, 0.15) is 10.6 Å². The first kappa shape index (κ1) is 9.03. The highest BCUT2D eigenvalue weighted by Crippen LogP contribution is 2.07. The van der Waals surface area contributed by atoms with Gasteiger partial charge in [-0.2, -0.15) is 0 Å². The van der Waals surface area contributed by atoms with E-state index in [4.69, 9.17) is 5.11 Å². The molecule has 1 aromatic heterocycles. The van der Waals surface area contributed by atoms with Crippen LogP contribution in [0.5, 0.6) is 0 Å². The SMILES string of the molecule is O=C(O)c1nnc(I)c(I)n1. The van der Waals surface area contributed by atoms with Gasteiger partial charge in [0.05, 0.1) is 0 Å². The number of halogens is 2. The average molecular weight is 377 g/mol. The maximum Gasteiger partial charge on any atom is 0.375 e. The number of aromatic nitrogens is 3. The first-order valence-corrected chi connectivity index (χ1v) is 4.56. The molecule has 0 aromatic carbocycles. The lowest BCUT2D eigenvalue weighted by Gasteiger charge is -1.93. The summed E-state index contributed by atoms with van der Waals surface area (Å²) in [5, 5.41) is 15.4. The van der Waals surface area contributed by atoms with E-state index in [9.17, 15) is 4.79 Å². The quantitative estimate of drug-likeness (QED) is 0.733. The molecule has 0 saturated heterocycles. The van der Waals surface area contributed by atoms with Crippen molar-refractivity contribution in [3.63, 3.8) is 0 Å². The van der Waals surface area contributed by atoms with Crippen molar-refractivity contribution in [2.75, 3.05) is 0 Å². The molecule has 0 unspecified atom stereocenters. The van der Waals surface area contributed by atoms with Crippen LogP contribution in [-0.4, -0.2) is 26.3 Å². The smallest absolute Gasteiger partial charge is 0.375 e. The van der Waals surface area contributed by atoms with Gasteiger partial charge in [0, 0.05) is 0 Å². The van der Waals surface area contributed by atoms with Crippen LogP contribution in [0.3, 0.4) is 0 Å². The van der Waals surface area contributed by atoms with Gasteiger partial charge in [-0.25, -0.2) is 9.78 Å². The third-order valence-electron chi connectivity index (χ3n) is 0.798. The highest BCUT2D eigenvalue weighted by atomic mass is 127. The summed E-state index contributed by atoms with van der Waals surface area (Å²) in [6.07, 6.45) is 0. The zero-order valence-electron chi connectivity index (χ0n) is 4.95. The van der Waals surface area contributed by atoms with Crippen molar-refractivity contribution in [1.82, 2.24) is 15.2 Å². The van der Waals surface area contributed by atoms with E-state index >= 15 is 0 Å². The molecule has 0 radical (unpaired) electrons. The van der Waals surface area contributed by atoms with Gasteiger partial charge in [0.15, 0.2) is 3.70 Å². The van der Waals surface area contributed by atoms with Gasteiger partial charge >= 0.3 is 5.97 Å². The molecule has 5 nitrogen and oxygen atoms in total. The normalized spacial score (nSPS) is 9.64. The highest BCUT2D eigenvalue weighted by Gasteiger charge is 2.09. The Morgan fingerprint density at radius 2 is 1.91 bits per heavy atom. The zero-order valence-corrected chi connectivity index (χ0v) is 9.27. The minimum Gasteiger partial charge on any atom is -0.475 e. The molecule has 0 atom stereocenters. The van der Waals surface area contributed by atoms with Crippen LogP contribution in [0, 0.1) is 7.40 Å². The van der Waals surface area contributed by atoms with Crippen LogP contribution in [-0.2, 0) is 0 Å². The van der Waals surface area contributed by atoms with Crippen molar-refractivity contribution in [3.05, 3.63) is 13.2 Å². The van der Waals surface area contributed by atoms with Crippen molar-refractivity contribution < 1.29 is 9.90 Å². The van der Waals surface area contributed by atoms with E-state index in [-0.39, 0.29) is 5.82 Å². The standard InChI is InChI=1S/C4HI2N3O2/c5-1-2(6)8-9-3(7-1)4(10)11/h(H,10,11). The molecule has 0 saturated carbocycles. The average Bonchev–Trinajstić information content (AvgIpc) is 1.94. The van der Waals surface area contributed by atoms with Crippen molar-refractivity contribution in [2.24, 2.45) is 0 Å². The topological polar surface area (TPSA) is 76.0 Å². The van der Waals surface area contributed by atoms with E-state index in [1.54, 1.807) is 0 Å². The number of nitrogens with zero attached hydrogens (tertiary/aromatic N) is 3. The Labute approximate surface area is 88.9 Å². The summed E-state index contributed by atoms with van der Waals surface area (Å²) in [4.78, 5) is 14.0. The Morgan fingerprint density at radius 1 is 1.27 bits per heavy atom. The van der Waals surface area contributed by atoms with Gasteiger partial charge in [-0.3, -0.25) is 0 Å². The van der Waals surface area contributed by atoms with E-state index in [1.807, 2.05) is 45.2 Å². The van der Waals surface area contributed by atoms with Crippen LogP contribution in [0.2, 0.25) is 0 Å². The maximum atomic E-state index is 10.3. The van der Waals surface area contributed by atoms with Gasteiger partial charge in [0.2, 0.25) is 0 Å². The van der Waals surface area contributed by atoms with Gasteiger partial charge in [-0.1, -0.05) is 0 Å². The summed E-state index contributed by atoms with van der Waals surface area (Å²) in [6, 6.07) is 0. The minimum atomic E-state index is -1.16. The van der Waals surface area contributed by atoms with Crippen LogP contribution >= 0.6 is 45.2 Å². The van der Waals surface area contributed by atoms with E-state index in [2.05, 4.69) is 15.2 Å². The van der Waals surface area contributed by atoms with Crippen molar-refractivity contribution in [1.29, 1.82) is 0 Å². The second-order valence-electron chi connectivity index (χ2n) is 1.52. The second-order valence-corrected chi connectivity index (χ2v) is 3.57. The summed E-state index contributed by atoms with van der Waals surface area (Å²) in [5.41, 5.74) is 0. The highest BCUT2D eigenvalue weighted by molar-refractivity contribution is 14.1. The third kappa shape index (κ3) is 2.18. The van der Waals surface area contributed by atoms with Crippen LogP contribution in [0.15, 0.2) is 0 Å². The molecule has 0 aliphatic carbocycles. The lowest BCUT2D eigenvalue weighted by atomic mass is 10.6. The van der Waals surface area contributed by atoms with Crippen LogP contribution < -0.4 is 0 Å². The molecule has 1 rings (SSSR count). The molecule has 7 heteroatoms. The Morgan fingerprint density at radius 3 is 2.36 bits per heavy atom. The molecule has 0 bridgehead atoms. The molecular formula is C4HI2N3O2. The fourth-order valence-electron chi connectivity index (χ4n) is 0.385. The number of hydrogen-bond donors (Lipinski definition) is 1. The fourth-order valence-corrected chi connectivity index (χ4v) is 0.949. The molecule has 0 amide bonds. The molecule has 0 aliphatic rings. The molecule has 0 spiro atoms. The Hall–Kier alpha value is -0.0600. The molecule has 58 valence electrons. The summed E-state index contributed by atoms with van der Waals surface area (Å²) in [6.45, 7) is 0. The minimum absolute atomic E-state index is 0.269. The molecule has 1 N–H and O–H groups in total. The number of carboxylic acids is 1. The van der Waals surface area contributed by atoms with Crippen LogP contribution in [0.25, 0.3) is 0 Å². The van der Waals surface area contributed by atoms with E-state index in [0.29, 0.717) is 7.40 Å². The summed E-state index contributed by atoms with van der Waals surface area (Å²) in [7, 11) is 0. The van der Waals surface area contributed by atoms with Gasteiger partial charge in [0.1, 0.15) is 3.70 Å². The Kier molecular flexibility index (Phi) is 2.92. The Balaban J connectivity index is 3.15. The van der Waals surface area contributed by atoms with Gasteiger partial charge in [-0.15, -0.1) is 10.2 Å². The first-order valence-electron chi connectivity index (χ1n) is 2.40. The van der Waals surface area contributed by atoms with E-state index in [0.717, 1.165) is 0 Å². The fraction of sp³-hybridized carbons (Fsp3) is 0. The molecule has 0 aliphatic heterocycles. The number of carboxylic acid groups (broad SMARTS) is 1. The Bertz CT molecular complexity index is 303. The van der Waals surface area contributed by atoms with E-state index < -0.39 is 5.97 Å². The molecule has 11 heavy (non-hydrogen) atoms. The van der Waals surface area contributed by atoms with Gasteiger partial charge in [0.25, 0.3) is 5.82 Å². The van der Waals surface area contributed by atoms with Crippen molar-refractivity contribution in [3.8, 4) is 0 Å². The monoisotopic (exact) mass is 377 g/mol. The van der Waals surface area contributed by atoms with Gasteiger partial charge in [-0.05, 0) is 45.2 Å². The third-order valence-corrected chi connectivity index (χ3v) is 3.31. The predicted molar refractivity (Wildman–Crippen MR) is 52.2 cm³/mol. The lowest BCUT2D eigenvalue weighted by Crippen LogP contribution is -2.08. The summed E-state index contributed by atoms with van der Waals surface area (Å²) < 4.78 is 1.16. The number of aromatic carboxylic acids is 1. The largest absolute Gasteiger partial charge is 0.475 e. The van der Waals surface area contributed by atoms with Crippen molar-refractivity contribution in [2.45, 2.75) is 0 Å². The summed E-state index contributed by atoms with van der Waals surface area (Å²) in [5.74, 6) is -1.43. The number of rotatable bonds is 1. The van der Waals surface area contributed by atoms with E-state index in [1.165, 1.54) is 0 Å². The molecule has 0 fully saturated rings.